The van der Waals surface area contributed by atoms with Crippen LogP contribution in [0.1, 0.15) is 57.7 Å². The number of benzene rings is 3. The zero-order valence-corrected chi connectivity index (χ0v) is 25.8. The molecule has 1 aliphatic heterocycles. The molecule has 1 N–H and O–H groups in total. The molecule has 0 saturated carbocycles. The van der Waals surface area contributed by atoms with Crippen LogP contribution >= 0.6 is 0 Å². The molecule has 0 fully saturated rings. The maximum atomic E-state index is 10.6. The van der Waals surface area contributed by atoms with E-state index < -0.39 is 11.0 Å². The molecule has 3 heterocycles. The molecule has 6 rings (SSSR count). The highest BCUT2D eigenvalue weighted by Crippen LogP contribution is 2.54. The van der Waals surface area contributed by atoms with Gasteiger partial charge in [-0.25, -0.2) is 4.57 Å². The first-order chi connectivity index (χ1) is 19.9. The van der Waals surface area contributed by atoms with Gasteiger partial charge in [0.05, 0.1) is 6.61 Å². The Labute approximate surface area is 248 Å². The summed E-state index contributed by atoms with van der Waals surface area (Å²) in [5.74, 6) is 0.729. The fourth-order valence-corrected chi connectivity index (χ4v) is 7.10. The number of aliphatic hydroxyl groups excluding tert-OH is 1. The monoisotopic (exact) mass is 561 g/mol. The zero-order chi connectivity index (χ0) is 30.0. The topological polar surface area (TPSA) is 59.4 Å². The summed E-state index contributed by atoms with van der Waals surface area (Å²) in [6, 6.07) is 21.5. The van der Waals surface area contributed by atoms with Crippen molar-refractivity contribution in [1.29, 1.82) is 0 Å². The van der Waals surface area contributed by atoms with Crippen molar-refractivity contribution in [2.45, 2.75) is 64.3 Å². The van der Waals surface area contributed by atoms with E-state index in [2.05, 4.69) is 107 Å². The third-order valence-electron chi connectivity index (χ3n) is 9.69. The van der Waals surface area contributed by atoms with E-state index in [9.17, 15) is 5.11 Å². The molecule has 0 bridgehead atoms. The van der Waals surface area contributed by atoms with Crippen LogP contribution in [0.2, 0.25) is 0 Å². The number of nitrogens with zero attached hydrogens (tertiary/aromatic N) is 2. The Balaban J connectivity index is 1.74. The molecule has 0 radical (unpaired) electrons. The molecule has 0 saturated heterocycles. The van der Waals surface area contributed by atoms with Crippen molar-refractivity contribution >= 4 is 21.7 Å². The summed E-state index contributed by atoms with van der Waals surface area (Å²) in [5, 5.41) is 14.1. The fraction of sp³-hybridized carbons (Fsp3) is 0.351. The first-order valence-corrected chi connectivity index (χ1v) is 14.7. The summed E-state index contributed by atoms with van der Waals surface area (Å²) in [4.78, 5) is 4.96. The van der Waals surface area contributed by atoms with Gasteiger partial charge in [0.25, 0.3) is 6.33 Å². The van der Waals surface area contributed by atoms with E-state index in [4.69, 9.17) is 14.1 Å². The number of methoxy groups -OCH3 is 1. The van der Waals surface area contributed by atoms with E-state index >= 15 is 0 Å². The lowest BCUT2D eigenvalue weighted by Gasteiger charge is -2.50. The normalized spacial score (nSPS) is 20.1. The summed E-state index contributed by atoms with van der Waals surface area (Å²) in [5.41, 5.74) is 7.02. The highest BCUT2D eigenvalue weighted by molar-refractivity contribution is 5.96. The van der Waals surface area contributed by atoms with Crippen LogP contribution in [0, 0.1) is 6.92 Å². The molecule has 42 heavy (non-hydrogen) atoms. The second kappa shape index (κ2) is 9.89. The third-order valence-corrected chi connectivity index (χ3v) is 9.69. The molecule has 2 atom stereocenters. The molecule has 0 amide bonds. The van der Waals surface area contributed by atoms with Gasteiger partial charge in [0, 0.05) is 36.1 Å². The summed E-state index contributed by atoms with van der Waals surface area (Å²) in [6.07, 6.45) is 2.64. The molecule has 3 aromatic carbocycles. The van der Waals surface area contributed by atoms with Gasteiger partial charge in [0.2, 0.25) is 5.69 Å². The molecular formula is C37H41N2O3+. The number of hydrogen-bond acceptors (Lipinski definition) is 4. The van der Waals surface area contributed by atoms with Crippen LogP contribution in [-0.4, -0.2) is 30.4 Å². The highest BCUT2D eigenvalue weighted by atomic mass is 16.5. The maximum Gasteiger partial charge on any atom is 0.288 e. The number of aromatic nitrogens is 2. The second-order valence-corrected chi connectivity index (χ2v) is 13.2. The number of aliphatic hydroxyl groups is 1. The number of rotatable bonds is 6. The van der Waals surface area contributed by atoms with Gasteiger partial charge in [0.15, 0.2) is 5.76 Å². The molecule has 2 unspecified atom stereocenters. The Hall–Kier alpha value is -3.80. The van der Waals surface area contributed by atoms with Crippen LogP contribution in [-0.2, 0) is 21.1 Å². The fourth-order valence-electron chi connectivity index (χ4n) is 7.10. The lowest BCUT2D eigenvalue weighted by Crippen LogP contribution is -2.69. The Morgan fingerprint density at radius 2 is 1.79 bits per heavy atom. The van der Waals surface area contributed by atoms with Crippen molar-refractivity contribution in [2.24, 2.45) is 0 Å². The van der Waals surface area contributed by atoms with Gasteiger partial charge in [-0.05, 0) is 82.4 Å². The zero-order valence-electron chi connectivity index (χ0n) is 25.8. The van der Waals surface area contributed by atoms with Crippen molar-refractivity contribution in [3.63, 3.8) is 0 Å². The average Bonchev–Trinajstić information content (AvgIpc) is 3.40. The highest BCUT2D eigenvalue weighted by Gasteiger charge is 2.57. The van der Waals surface area contributed by atoms with Crippen LogP contribution in [0.5, 0.6) is 0 Å². The molecule has 2 aromatic heterocycles. The Kier molecular flexibility index (Phi) is 6.67. The standard InChI is InChI=1S/C37H41N2O3/c1-23-13-14-32-25(17-23)18-33(42-32)30-20-31-28-19-29(35(3,4)5)26-11-9-10-12-27(26)34(28)36(6,15-16-41-8)37(7,24(2)21-40)39(31)22-38-30/h9-14,17-20,22,40H,2,15-16,21H2,1,3-8H3/q+1. The van der Waals surface area contributed by atoms with Crippen molar-refractivity contribution < 1.29 is 18.8 Å². The SMILES string of the molecule is C=C(CO)C1(C)[n+]2cnc(-c3cc4cc(C)ccc4o3)cc2-c2cc(C(C)(C)C)c3ccccc3c2C1(C)CCOC. The van der Waals surface area contributed by atoms with Gasteiger partial charge < -0.3 is 14.3 Å². The maximum absolute atomic E-state index is 10.6. The van der Waals surface area contributed by atoms with Gasteiger partial charge in [-0.15, -0.1) is 0 Å². The minimum atomic E-state index is -0.689. The van der Waals surface area contributed by atoms with Gasteiger partial charge in [-0.3, -0.25) is 0 Å². The average molecular weight is 562 g/mol. The molecule has 5 aromatic rings. The molecule has 0 aliphatic carbocycles. The molecule has 5 heteroatoms. The Morgan fingerprint density at radius 1 is 1.05 bits per heavy atom. The van der Waals surface area contributed by atoms with Gasteiger partial charge >= 0.3 is 0 Å². The number of fused-ring (bicyclic) bond motifs is 6. The van der Waals surface area contributed by atoms with Crippen LogP contribution in [0.4, 0.5) is 0 Å². The van der Waals surface area contributed by atoms with Crippen LogP contribution in [0.25, 0.3) is 44.5 Å². The predicted molar refractivity (Wildman–Crippen MR) is 170 cm³/mol. The van der Waals surface area contributed by atoms with E-state index in [1.807, 2.05) is 12.4 Å². The molecule has 0 spiro atoms. The van der Waals surface area contributed by atoms with Gasteiger partial charge in [-0.1, -0.05) is 70.2 Å². The number of aryl methyl sites for hydroxylation is 1. The summed E-state index contributed by atoms with van der Waals surface area (Å²) in [7, 11) is 1.75. The smallest absolute Gasteiger partial charge is 0.288 e. The summed E-state index contributed by atoms with van der Waals surface area (Å²) < 4.78 is 14.2. The Morgan fingerprint density at radius 3 is 2.48 bits per heavy atom. The van der Waals surface area contributed by atoms with Crippen molar-refractivity contribution in [2.75, 3.05) is 20.3 Å². The lowest BCUT2D eigenvalue weighted by atomic mass is 9.57. The molecule has 5 nitrogen and oxygen atoms in total. The van der Waals surface area contributed by atoms with Crippen molar-refractivity contribution in [1.82, 2.24) is 4.98 Å². The van der Waals surface area contributed by atoms with Gasteiger partial charge in [0.1, 0.15) is 16.8 Å². The van der Waals surface area contributed by atoms with E-state index in [1.165, 1.54) is 27.5 Å². The van der Waals surface area contributed by atoms with E-state index in [1.54, 1.807) is 7.11 Å². The minimum absolute atomic E-state index is 0.0791. The third kappa shape index (κ3) is 4.05. The second-order valence-electron chi connectivity index (χ2n) is 13.2. The molecule has 216 valence electrons. The first kappa shape index (κ1) is 28.3. The summed E-state index contributed by atoms with van der Waals surface area (Å²) >= 11 is 0. The van der Waals surface area contributed by atoms with Crippen LogP contribution in [0.3, 0.4) is 0 Å². The largest absolute Gasteiger partial charge is 0.452 e. The quantitative estimate of drug-likeness (QED) is 0.170. The minimum Gasteiger partial charge on any atom is -0.452 e. The number of furan rings is 1. The van der Waals surface area contributed by atoms with Crippen molar-refractivity contribution in [3.8, 4) is 22.7 Å². The van der Waals surface area contributed by atoms with E-state index in [-0.39, 0.29) is 12.0 Å². The van der Waals surface area contributed by atoms with Crippen molar-refractivity contribution in [3.05, 3.63) is 95.8 Å². The summed E-state index contributed by atoms with van der Waals surface area (Å²) in [6.45, 7) is 18.3. The lowest BCUT2D eigenvalue weighted by molar-refractivity contribution is -0.757. The van der Waals surface area contributed by atoms with Crippen LogP contribution < -0.4 is 4.57 Å². The Bertz CT molecular complexity index is 1860. The first-order valence-electron chi connectivity index (χ1n) is 14.7. The van der Waals surface area contributed by atoms with Gasteiger partial charge in [-0.2, -0.15) is 0 Å². The number of hydrogen-bond donors (Lipinski definition) is 1. The molecule has 1 aliphatic rings. The predicted octanol–water partition coefficient (Wildman–Crippen LogP) is 7.78. The van der Waals surface area contributed by atoms with Crippen LogP contribution in [0.15, 0.2) is 83.6 Å². The van der Waals surface area contributed by atoms with E-state index in [0.29, 0.717) is 6.61 Å². The molecular weight excluding hydrogens is 520 g/mol. The van der Waals surface area contributed by atoms with E-state index in [0.717, 1.165) is 45.7 Å². The number of ether oxygens (including phenoxy) is 1.